The minimum Gasteiger partial charge on any atom is -0.456 e. The molecule has 2 amide bonds. The van der Waals surface area contributed by atoms with Crippen LogP contribution in [0.2, 0.25) is 5.02 Å². The van der Waals surface area contributed by atoms with Gasteiger partial charge in [0.1, 0.15) is 0 Å². The van der Waals surface area contributed by atoms with Crippen LogP contribution in [0.3, 0.4) is 0 Å². The summed E-state index contributed by atoms with van der Waals surface area (Å²) in [5.41, 5.74) is 5.98. The number of carbonyl (C=O) groups is 3. The zero-order valence-corrected chi connectivity index (χ0v) is 14.0. The minimum absolute atomic E-state index is 0.145. The summed E-state index contributed by atoms with van der Waals surface area (Å²) in [6, 6.07) is 14.9. The van der Waals surface area contributed by atoms with Crippen molar-refractivity contribution in [3.05, 3.63) is 70.7 Å². The van der Waals surface area contributed by atoms with Gasteiger partial charge in [-0.3, -0.25) is 14.4 Å². The number of amides is 2. The van der Waals surface area contributed by atoms with E-state index in [4.69, 9.17) is 22.1 Å². The molecule has 1 unspecified atom stereocenters. The molecule has 0 heterocycles. The third kappa shape index (κ3) is 5.61. The summed E-state index contributed by atoms with van der Waals surface area (Å²) >= 11 is 6.04. The van der Waals surface area contributed by atoms with Crippen molar-refractivity contribution in [1.82, 2.24) is 5.32 Å². The van der Waals surface area contributed by atoms with E-state index in [0.717, 1.165) is 5.56 Å². The zero-order valence-electron chi connectivity index (χ0n) is 13.3. The van der Waals surface area contributed by atoms with Gasteiger partial charge in [0, 0.05) is 0 Å². The number of rotatable bonds is 7. The third-order valence-corrected chi connectivity index (χ3v) is 3.70. The van der Waals surface area contributed by atoms with E-state index >= 15 is 0 Å². The Hall–Kier alpha value is -2.86. The molecule has 2 aromatic carbocycles. The van der Waals surface area contributed by atoms with Crippen LogP contribution < -0.4 is 11.1 Å². The minimum atomic E-state index is -0.746. The van der Waals surface area contributed by atoms with Crippen molar-refractivity contribution in [2.24, 2.45) is 5.73 Å². The summed E-state index contributed by atoms with van der Waals surface area (Å²) in [5.74, 6) is -1.81. The first-order valence-corrected chi connectivity index (χ1v) is 7.89. The quantitative estimate of drug-likeness (QED) is 0.739. The molecule has 0 saturated carbocycles. The lowest BCUT2D eigenvalue weighted by Gasteiger charge is -2.19. The van der Waals surface area contributed by atoms with Crippen LogP contribution in [0.25, 0.3) is 0 Å². The molecule has 0 radical (unpaired) electrons. The molecule has 0 aliphatic rings. The van der Waals surface area contributed by atoms with Crippen LogP contribution in [-0.4, -0.2) is 24.4 Å². The van der Waals surface area contributed by atoms with Gasteiger partial charge in [-0.1, -0.05) is 54.1 Å². The van der Waals surface area contributed by atoms with E-state index in [1.807, 2.05) is 6.07 Å². The highest BCUT2D eigenvalue weighted by atomic mass is 35.5. The van der Waals surface area contributed by atoms with Crippen LogP contribution in [-0.2, 0) is 14.3 Å². The lowest BCUT2D eigenvalue weighted by molar-refractivity contribution is -0.148. The van der Waals surface area contributed by atoms with Crippen LogP contribution in [0.5, 0.6) is 0 Å². The average molecular weight is 361 g/mol. The molecule has 0 aliphatic carbocycles. The number of carbonyl (C=O) groups excluding carboxylic acids is 3. The molecule has 25 heavy (non-hydrogen) atoms. The second kappa shape index (κ2) is 8.84. The van der Waals surface area contributed by atoms with Gasteiger partial charge in [-0.05, 0) is 17.7 Å². The second-order valence-corrected chi connectivity index (χ2v) is 5.65. The Morgan fingerprint density at radius 1 is 1.04 bits per heavy atom. The van der Waals surface area contributed by atoms with Crippen molar-refractivity contribution in [1.29, 1.82) is 0 Å². The molecule has 1 atom stereocenters. The third-order valence-electron chi connectivity index (χ3n) is 3.37. The Labute approximate surface area is 149 Å². The maximum atomic E-state index is 12.5. The Morgan fingerprint density at radius 3 is 2.32 bits per heavy atom. The molecule has 0 aliphatic heterocycles. The molecule has 0 saturated heterocycles. The predicted molar refractivity (Wildman–Crippen MR) is 92.9 cm³/mol. The molecule has 0 spiro atoms. The van der Waals surface area contributed by atoms with E-state index in [1.165, 1.54) is 0 Å². The topological polar surface area (TPSA) is 98.5 Å². The summed E-state index contributed by atoms with van der Waals surface area (Å²) in [4.78, 5) is 35.1. The van der Waals surface area contributed by atoms with Crippen LogP contribution >= 0.6 is 11.6 Å². The predicted octanol–water partition coefficient (Wildman–Crippen LogP) is 2.23. The lowest BCUT2D eigenvalue weighted by atomic mass is 10.0. The van der Waals surface area contributed by atoms with Gasteiger partial charge < -0.3 is 15.8 Å². The van der Waals surface area contributed by atoms with Crippen molar-refractivity contribution < 1.29 is 19.1 Å². The van der Waals surface area contributed by atoms with Crippen LogP contribution in [0.4, 0.5) is 0 Å². The fourth-order valence-corrected chi connectivity index (χ4v) is 2.42. The lowest BCUT2D eigenvalue weighted by Crippen LogP contribution is -2.31. The van der Waals surface area contributed by atoms with Gasteiger partial charge in [-0.2, -0.15) is 0 Å². The SMILES string of the molecule is NC(=O)COC(=O)CC(NC(=O)c1ccccc1Cl)c1ccccc1. The normalized spacial score (nSPS) is 11.4. The first-order valence-electron chi connectivity index (χ1n) is 7.51. The van der Waals surface area contributed by atoms with E-state index < -0.39 is 30.4 Å². The zero-order chi connectivity index (χ0) is 18.2. The van der Waals surface area contributed by atoms with Crippen molar-refractivity contribution in [3.8, 4) is 0 Å². The maximum absolute atomic E-state index is 12.5. The summed E-state index contributed by atoms with van der Waals surface area (Å²) < 4.78 is 4.78. The molecule has 7 heteroatoms. The highest BCUT2D eigenvalue weighted by Gasteiger charge is 2.21. The summed E-state index contributed by atoms with van der Waals surface area (Å²) in [7, 11) is 0. The Morgan fingerprint density at radius 2 is 1.68 bits per heavy atom. The number of primary amides is 1. The van der Waals surface area contributed by atoms with E-state index in [-0.39, 0.29) is 6.42 Å². The summed E-state index contributed by atoms with van der Waals surface area (Å²) in [6.07, 6.45) is -0.145. The number of hydrogen-bond acceptors (Lipinski definition) is 4. The number of nitrogens with two attached hydrogens (primary N) is 1. The van der Waals surface area contributed by atoms with E-state index in [9.17, 15) is 14.4 Å². The van der Waals surface area contributed by atoms with Gasteiger partial charge in [0.15, 0.2) is 6.61 Å². The molecular formula is C18H17ClN2O4. The Bertz CT molecular complexity index is 765. The fourth-order valence-electron chi connectivity index (χ4n) is 2.20. The number of halogens is 1. The monoisotopic (exact) mass is 360 g/mol. The average Bonchev–Trinajstić information content (AvgIpc) is 2.60. The molecule has 0 bridgehead atoms. The van der Waals surface area contributed by atoms with E-state index in [0.29, 0.717) is 10.6 Å². The van der Waals surface area contributed by atoms with Crippen LogP contribution in [0.1, 0.15) is 28.4 Å². The summed E-state index contributed by atoms with van der Waals surface area (Å²) in [6.45, 7) is -0.501. The molecule has 2 rings (SSSR count). The number of esters is 1. The van der Waals surface area contributed by atoms with Gasteiger partial charge in [0.05, 0.1) is 23.0 Å². The van der Waals surface area contributed by atoms with Crippen LogP contribution in [0, 0.1) is 0 Å². The second-order valence-electron chi connectivity index (χ2n) is 5.25. The first-order chi connectivity index (χ1) is 12.0. The largest absolute Gasteiger partial charge is 0.456 e. The van der Waals surface area contributed by atoms with Crippen molar-refractivity contribution in [3.63, 3.8) is 0 Å². The molecule has 2 aromatic rings. The number of benzene rings is 2. The summed E-state index contributed by atoms with van der Waals surface area (Å²) in [5, 5.41) is 3.08. The standard InChI is InChI=1S/C18H17ClN2O4/c19-14-9-5-4-8-13(14)18(24)21-15(12-6-2-1-3-7-12)10-17(23)25-11-16(20)22/h1-9,15H,10-11H2,(H2,20,22)(H,21,24). The van der Waals surface area contributed by atoms with Gasteiger partial charge in [-0.15, -0.1) is 0 Å². The highest BCUT2D eigenvalue weighted by Crippen LogP contribution is 2.20. The smallest absolute Gasteiger partial charge is 0.308 e. The van der Waals surface area contributed by atoms with Crippen molar-refractivity contribution >= 4 is 29.4 Å². The van der Waals surface area contributed by atoms with E-state index in [2.05, 4.69) is 5.32 Å². The van der Waals surface area contributed by atoms with Crippen molar-refractivity contribution in [2.45, 2.75) is 12.5 Å². The highest BCUT2D eigenvalue weighted by molar-refractivity contribution is 6.33. The van der Waals surface area contributed by atoms with Gasteiger partial charge in [-0.25, -0.2) is 0 Å². The molecule has 6 nitrogen and oxygen atoms in total. The molecule has 0 fully saturated rings. The van der Waals surface area contributed by atoms with Gasteiger partial charge >= 0.3 is 5.97 Å². The molecule has 3 N–H and O–H groups in total. The molecule has 130 valence electrons. The van der Waals surface area contributed by atoms with Crippen LogP contribution in [0.15, 0.2) is 54.6 Å². The number of hydrogen-bond donors (Lipinski definition) is 2. The first kappa shape index (κ1) is 18.5. The van der Waals surface area contributed by atoms with Gasteiger partial charge in [0.2, 0.25) is 0 Å². The number of nitrogens with one attached hydrogen (secondary N) is 1. The Balaban J connectivity index is 2.15. The maximum Gasteiger partial charge on any atom is 0.308 e. The number of ether oxygens (including phenoxy) is 1. The van der Waals surface area contributed by atoms with E-state index in [1.54, 1.807) is 48.5 Å². The van der Waals surface area contributed by atoms with Crippen molar-refractivity contribution in [2.75, 3.05) is 6.61 Å². The van der Waals surface area contributed by atoms with Gasteiger partial charge in [0.25, 0.3) is 11.8 Å². The molecule has 0 aromatic heterocycles. The Kier molecular flexibility index (Phi) is 6.54. The fraction of sp³-hybridized carbons (Fsp3) is 0.167. The molecular weight excluding hydrogens is 344 g/mol.